The molecule has 12 heteroatoms. The second kappa shape index (κ2) is 5.24. The van der Waals surface area contributed by atoms with Gasteiger partial charge in [-0.2, -0.15) is 18.2 Å². The maximum absolute atomic E-state index is 13.4. The predicted octanol–water partition coefficient (Wildman–Crippen LogP) is -0.568. The third-order valence-corrected chi connectivity index (χ3v) is 4.00. The zero-order valence-electron chi connectivity index (χ0n) is 12.4. The van der Waals surface area contributed by atoms with Gasteiger partial charge in [0.1, 0.15) is 17.5 Å². The first-order valence-corrected chi connectivity index (χ1v) is 6.87. The summed E-state index contributed by atoms with van der Waals surface area (Å²) in [5.41, 5.74) is 9.47. The molecule has 24 heavy (non-hydrogen) atoms. The monoisotopic (exact) mass is 348 g/mol. The number of nitrogens with zero attached hydrogens (tertiary/aromatic N) is 4. The van der Waals surface area contributed by atoms with Crippen molar-refractivity contribution < 1.29 is 28.1 Å². The van der Waals surface area contributed by atoms with Gasteiger partial charge in [-0.25, -0.2) is 9.97 Å². The number of aryl methyl sites for hydroxylation is 1. The number of nitrogen functional groups attached to an aromatic ring is 1. The van der Waals surface area contributed by atoms with E-state index in [1.165, 1.54) is 0 Å². The van der Waals surface area contributed by atoms with E-state index in [0.29, 0.717) is 5.69 Å². The van der Waals surface area contributed by atoms with Crippen LogP contribution in [0.25, 0.3) is 11.2 Å². The molecule has 1 saturated heterocycles. The van der Waals surface area contributed by atoms with Crippen LogP contribution in [0.1, 0.15) is 11.9 Å². The van der Waals surface area contributed by atoms with Crippen molar-refractivity contribution in [2.45, 2.75) is 31.2 Å². The Hall–Kier alpha value is -2.02. The Labute approximate surface area is 133 Å². The summed E-state index contributed by atoms with van der Waals surface area (Å²) in [5.74, 6) is -2.53. The van der Waals surface area contributed by atoms with Gasteiger partial charge in [0.05, 0.1) is 18.6 Å². The van der Waals surface area contributed by atoms with Gasteiger partial charge in [-0.1, -0.05) is 0 Å². The Morgan fingerprint density at radius 1 is 1.42 bits per heavy atom. The highest BCUT2D eigenvalue weighted by Crippen LogP contribution is 2.48. The van der Waals surface area contributed by atoms with Crippen LogP contribution in [0.15, 0.2) is 6.33 Å². The molecule has 3 rings (SSSR count). The summed E-state index contributed by atoms with van der Waals surface area (Å²) >= 11 is 0. The van der Waals surface area contributed by atoms with Crippen molar-refractivity contribution in [1.82, 2.24) is 19.5 Å². The SMILES string of the molecule is Cc1nc(N)nc2c1ncn2C1O[C@](N)(CO)[C@@H](O)C1C(F)(F)F. The van der Waals surface area contributed by atoms with Crippen molar-refractivity contribution in [3.05, 3.63) is 12.0 Å². The Bertz CT molecular complexity index is 781. The summed E-state index contributed by atoms with van der Waals surface area (Å²) < 4.78 is 46.4. The number of anilines is 1. The van der Waals surface area contributed by atoms with Crippen molar-refractivity contribution in [2.24, 2.45) is 11.7 Å². The minimum Gasteiger partial charge on any atom is -0.392 e. The highest BCUT2D eigenvalue weighted by molar-refractivity contribution is 5.74. The molecular formula is C12H15F3N6O3. The molecule has 1 fully saturated rings. The fraction of sp³-hybridized carbons (Fsp3) is 0.583. The number of imidazole rings is 1. The van der Waals surface area contributed by atoms with E-state index in [2.05, 4.69) is 15.0 Å². The molecule has 0 aliphatic carbocycles. The number of fused-ring (bicyclic) bond motifs is 1. The van der Waals surface area contributed by atoms with Crippen molar-refractivity contribution >= 4 is 17.1 Å². The molecule has 0 radical (unpaired) electrons. The fourth-order valence-corrected chi connectivity index (χ4v) is 2.79. The van der Waals surface area contributed by atoms with Crippen LogP contribution >= 0.6 is 0 Å². The Morgan fingerprint density at radius 3 is 2.67 bits per heavy atom. The second-order valence-electron chi connectivity index (χ2n) is 5.62. The van der Waals surface area contributed by atoms with E-state index in [1.807, 2.05) is 0 Å². The molecule has 2 unspecified atom stereocenters. The highest BCUT2D eigenvalue weighted by atomic mass is 19.4. The molecule has 2 aromatic rings. The average Bonchev–Trinajstić information content (AvgIpc) is 2.99. The molecule has 132 valence electrons. The maximum Gasteiger partial charge on any atom is 0.398 e. The largest absolute Gasteiger partial charge is 0.398 e. The zero-order chi connectivity index (χ0) is 17.9. The number of hydrogen-bond acceptors (Lipinski definition) is 8. The Kier molecular flexibility index (Phi) is 3.67. The number of aliphatic hydroxyl groups excluding tert-OH is 2. The molecular weight excluding hydrogens is 333 g/mol. The van der Waals surface area contributed by atoms with Crippen molar-refractivity contribution in [3.8, 4) is 0 Å². The first-order chi connectivity index (χ1) is 11.1. The lowest BCUT2D eigenvalue weighted by atomic mass is 9.96. The summed E-state index contributed by atoms with van der Waals surface area (Å²) in [6.07, 6.45) is -7.71. The van der Waals surface area contributed by atoms with E-state index in [-0.39, 0.29) is 17.1 Å². The van der Waals surface area contributed by atoms with Gasteiger partial charge in [0.2, 0.25) is 5.95 Å². The van der Waals surface area contributed by atoms with Crippen LogP contribution in [0.2, 0.25) is 0 Å². The molecule has 1 aliphatic heterocycles. The van der Waals surface area contributed by atoms with Crippen LogP contribution in [0, 0.1) is 12.8 Å². The molecule has 6 N–H and O–H groups in total. The van der Waals surface area contributed by atoms with Gasteiger partial charge in [-0.15, -0.1) is 0 Å². The van der Waals surface area contributed by atoms with Gasteiger partial charge >= 0.3 is 6.18 Å². The topological polar surface area (TPSA) is 145 Å². The summed E-state index contributed by atoms with van der Waals surface area (Å²) in [4.78, 5) is 11.7. The zero-order valence-corrected chi connectivity index (χ0v) is 12.4. The molecule has 4 atom stereocenters. The van der Waals surface area contributed by atoms with E-state index in [4.69, 9.17) is 16.2 Å². The van der Waals surface area contributed by atoms with Crippen LogP contribution in [-0.2, 0) is 4.74 Å². The van der Waals surface area contributed by atoms with Crippen LogP contribution in [0.5, 0.6) is 0 Å². The van der Waals surface area contributed by atoms with E-state index in [9.17, 15) is 23.4 Å². The van der Waals surface area contributed by atoms with Gasteiger partial charge < -0.3 is 20.7 Å². The van der Waals surface area contributed by atoms with Crippen LogP contribution in [-0.4, -0.2) is 54.3 Å². The first-order valence-electron chi connectivity index (χ1n) is 6.87. The number of ether oxygens (including phenoxy) is 1. The van der Waals surface area contributed by atoms with Crippen LogP contribution < -0.4 is 11.5 Å². The lowest BCUT2D eigenvalue weighted by molar-refractivity contribution is -0.210. The minimum atomic E-state index is -4.84. The van der Waals surface area contributed by atoms with E-state index in [1.54, 1.807) is 6.92 Å². The summed E-state index contributed by atoms with van der Waals surface area (Å²) in [7, 11) is 0. The molecule has 0 aromatic carbocycles. The fourth-order valence-electron chi connectivity index (χ4n) is 2.79. The normalized spacial score (nSPS) is 31.0. The van der Waals surface area contributed by atoms with E-state index in [0.717, 1.165) is 10.9 Å². The summed E-state index contributed by atoms with van der Waals surface area (Å²) in [6, 6.07) is 0. The van der Waals surface area contributed by atoms with E-state index < -0.39 is 36.8 Å². The standard InChI is InChI=1S/C12H15F3N6O3/c1-4-6-8(20-10(16)19-4)21(3-18-6)9-5(12(13,14)15)7(23)11(17,2-22)24-9/h3,5,7,9,22-23H,2,17H2,1H3,(H2,16,19,20)/t5?,7-,9?,11+/m0/s1. The highest BCUT2D eigenvalue weighted by Gasteiger charge is 2.63. The molecule has 0 saturated carbocycles. The third kappa shape index (κ3) is 2.38. The van der Waals surface area contributed by atoms with Gasteiger partial charge in [0.15, 0.2) is 17.6 Å². The van der Waals surface area contributed by atoms with E-state index >= 15 is 0 Å². The summed E-state index contributed by atoms with van der Waals surface area (Å²) in [6.45, 7) is 0.574. The van der Waals surface area contributed by atoms with Gasteiger partial charge in [-0.3, -0.25) is 10.3 Å². The lowest BCUT2D eigenvalue weighted by Gasteiger charge is -2.25. The summed E-state index contributed by atoms with van der Waals surface area (Å²) in [5, 5.41) is 19.2. The molecule has 0 spiro atoms. The van der Waals surface area contributed by atoms with Crippen molar-refractivity contribution in [1.29, 1.82) is 0 Å². The van der Waals surface area contributed by atoms with Crippen molar-refractivity contribution in [2.75, 3.05) is 12.3 Å². The van der Waals surface area contributed by atoms with Crippen LogP contribution in [0.4, 0.5) is 19.1 Å². The van der Waals surface area contributed by atoms with Gasteiger partial charge in [0.25, 0.3) is 0 Å². The number of aromatic nitrogens is 4. The van der Waals surface area contributed by atoms with Crippen LogP contribution in [0.3, 0.4) is 0 Å². The van der Waals surface area contributed by atoms with Crippen molar-refractivity contribution in [3.63, 3.8) is 0 Å². The molecule has 3 heterocycles. The maximum atomic E-state index is 13.4. The molecule has 0 bridgehead atoms. The lowest BCUT2D eigenvalue weighted by Crippen LogP contribution is -2.54. The number of alkyl halides is 3. The molecule has 9 nitrogen and oxygen atoms in total. The smallest absolute Gasteiger partial charge is 0.392 e. The number of nitrogens with two attached hydrogens (primary N) is 2. The predicted molar refractivity (Wildman–Crippen MR) is 74.2 cm³/mol. The first kappa shape index (κ1) is 16.8. The third-order valence-electron chi connectivity index (χ3n) is 4.00. The molecule has 0 amide bonds. The molecule has 2 aromatic heterocycles. The molecule has 1 aliphatic rings. The quantitative estimate of drug-likeness (QED) is 0.565. The Morgan fingerprint density at radius 2 is 2.08 bits per heavy atom. The number of aliphatic hydroxyl groups is 2. The second-order valence-corrected chi connectivity index (χ2v) is 5.62. The average molecular weight is 348 g/mol. The number of hydrogen-bond donors (Lipinski definition) is 4. The number of halogens is 3. The van der Waals surface area contributed by atoms with Gasteiger partial charge in [0, 0.05) is 0 Å². The van der Waals surface area contributed by atoms with Gasteiger partial charge in [-0.05, 0) is 6.92 Å². The minimum absolute atomic E-state index is 0.00800. The number of rotatable bonds is 2. The Balaban J connectivity index is 2.17.